The van der Waals surface area contributed by atoms with Gasteiger partial charge in [0.15, 0.2) is 5.96 Å². The summed E-state index contributed by atoms with van der Waals surface area (Å²) in [5.41, 5.74) is -0.911. The Bertz CT molecular complexity index is 661. The predicted octanol–water partition coefficient (Wildman–Crippen LogP) is 3.03. The normalized spacial score (nSPS) is 15.4. The van der Waals surface area contributed by atoms with Crippen LogP contribution >= 0.6 is 35.6 Å². The molecule has 1 aliphatic heterocycles. The number of morpholine rings is 1. The van der Waals surface area contributed by atoms with Crippen LogP contribution in [-0.4, -0.2) is 74.9 Å². The Labute approximate surface area is 196 Å². The van der Waals surface area contributed by atoms with E-state index >= 15 is 0 Å². The number of ether oxygens (including phenoxy) is 2. The van der Waals surface area contributed by atoms with E-state index < -0.39 is 11.7 Å². The zero-order valence-corrected chi connectivity index (χ0v) is 19.9. The molecule has 172 valence electrons. The smallest absolute Gasteiger partial charge is 0.417 e. The minimum atomic E-state index is -4.49. The van der Waals surface area contributed by atoms with E-state index in [1.54, 1.807) is 0 Å². The number of hydrogen-bond acceptors (Lipinski definition) is 5. The molecule has 1 fully saturated rings. The van der Waals surface area contributed by atoms with E-state index in [0.29, 0.717) is 31.8 Å². The minimum absolute atomic E-state index is 0. The number of halogens is 5. The van der Waals surface area contributed by atoms with Crippen molar-refractivity contribution in [3.8, 4) is 5.88 Å². The van der Waals surface area contributed by atoms with E-state index in [0.717, 1.165) is 45.3 Å². The summed E-state index contributed by atoms with van der Waals surface area (Å²) < 4.78 is 48.6. The summed E-state index contributed by atoms with van der Waals surface area (Å²) >= 11 is 5.82. The van der Waals surface area contributed by atoms with Crippen LogP contribution in [0.4, 0.5) is 13.2 Å². The lowest BCUT2D eigenvalue weighted by molar-refractivity contribution is -0.137. The van der Waals surface area contributed by atoms with Gasteiger partial charge in [-0.2, -0.15) is 13.2 Å². The average molecular weight is 566 g/mol. The molecule has 0 radical (unpaired) electrons. The molecule has 1 saturated heterocycles. The molecule has 0 amide bonds. The Balaban J connectivity index is 0.00000450. The molecule has 7 nitrogen and oxygen atoms in total. The maximum absolute atomic E-state index is 12.6. The van der Waals surface area contributed by atoms with Crippen LogP contribution in [0.5, 0.6) is 5.88 Å². The summed E-state index contributed by atoms with van der Waals surface area (Å²) in [6.07, 6.45) is -2.84. The van der Waals surface area contributed by atoms with Crippen molar-refractivity contribution in [2.24, 2.45) is 4.99 Å². The third kappa shape index (κ3) is 9.84. The summed E-state index contributed by atoms with van der Waals surface area (Å²) in [6, 6.07) is 0.803. The topological polar surface area (TPSA) is 71.0 Å². The van der Waals surface area contributed by atoms with E-state index in [4.69, 9.17) is 21.1 Å². The predicted molar refractivity (Wildman–Crippen MR) is 121 cm³/mol. The monoisotopic (exact) mass is 565 g/mol. The molecule has 1 aliphatic rings. The van der Waals surface area contributed by atoms with Gasteiger partial charge in [0, 0.05) is 38.9 Å². The molecule has 0 unspecified atom stereocenters. The maximum atomic E-state index is 12.6. The van der Waals surface area contributed by atoms with Crippen LogP contribution in [-0.2, 0) is 10.9 Å². The third-order valence-electron chi connectivity index (χ3n) is 4.12. The molecular weight excluding hydrogens is 538 g/mol. The Hall–Kier alpha value is -1.05. The number of alkyl halides is 3. The highest BCUT2D eigenvalue weighted by Crippen LogP contribution is 2.32. The lowest BCUT2D eigenvalue weighted by Gasteiger charge is -2.26. The number of guanidine groups is 1. The number of nitrogens with zero attached hydrogens (tertiary/aromatic N) is 3. The van der Waals surface area contributed by atoms with Gasteiger partial charge in [-0.25, -0.2) is 4.98 Å². The first-order chi connectivity index (χ1) is 13.9. The SMILES string of the molecule is CCNC(=NCCCN1CCOCC1)NCCOc1ncc(C(F)(F)F)cc1Cl.I. The summed E-state index contributed by atoms with van der Waals surface area (Å²) in [4.78, 5) is 10.5. The second-order valence-corrected chi connectivity index (χ2v) is 6.76. The fourth-order valence-electron chi connectivity index (χ4n) is 2.66. The number of aromatic nitrogens is 1. The molecule has 0 aliphatic carbocycles. The molecule has 2 rings (SSSR count). The second-order valence-electron chi connectivity index (χ2n) is 6.35. The summed E-state index contributed by atoms with van der Waals surface area (Å²) in [5, 5.41) is 6.07. The summed E-state index contributed by atoms with van der Waals surface area (Å²) in [6.45, 7) is 8.39. The quantitative estimate of drug-likeness (QED) is 0.208. The highest BCUT2D eigenvalue weighted by Gasteiger charge is 2.31. The summed E-state index contributed by atoms with van der Waals surface area (Å²) in [5.74, 6) is 0.624. The van der Waals surface area contributed by atoms with Crippen molar-refractivity contribution >= 4 is 41.5 Å². The van der Waals surface area contributed by atoms with Crippen molar-refractivity contribution in [2.75, 3.05) is 59.1 Å². The van der Waals surface area contributed by atoms with Crippen LogP contribution in [0.15, 0.2) is 17.3 Å². The molecule has 12 heteroatoms. The first-order valence-corrected chi connectivity index (χ1v) is 9.95. The van der Waals surface area contributed by atoms with Crippen molar-refractivity contribution < 1.29 is 22.6 Å². The van der Waals surface area contributed by atoms with Gasteiger partial charge >= 0.3 is 6.18 Å². The first kappa shape index (κ1) is 27.0. The van der Waals surface area contributed by atoms with Gasteiger partial charge in [0.05, 0.1) is 25.3 Å². The largest absolute Gasteiger partial charge is 0.475 e. The number of nitrogens with one attached hydrogen (secondary N) is 2. The maximum Gasteiger partial charge on any atom is 0.417 e. The number of hydrogen-bond donors (Lipinski definition) is 2. The van der Waals surface area contributed by atoms with Crippen molar-refractivity contribution in [1.29, 1.82) is 0 Å². The Kier molecular flexibility index (Phi) is 12.7. The molecule has 30 heavy (non-hydrogen) atoms. The van der Waals surface area contributed by atoms with Gasteiger partial charge in [0.2, 0.25) is 5.88 Å². The van der Waals surface area contributed by atoms with Gasteiger partial charge in [-0.15, -0.1) is 24.0 Å². The van der Waals surface area contributed by atoms with Crippen LogP contribution in [0.2, 0.25) is 5.02 Å². The molecule has 1 aromatic rings. The molecule has 0 atom stereocenters. The van der Waals surface area contributed by atoms with Crippen molar-refractivity contribution in [3.05, 3.63) is 22.8 Å². The number of pyridine rings is 1. The Morgan fingerprint density at radius 2 is 2.07 bits per heavy atom. The van der Waals surface area contributed by atoms with Gasteiger partial charge in [-0.05, 0) is 19.4 Å². The van der Waals surface area contributed by atoms with E-state index in [2.05, 4.69) is 25.5 Å². The van der Waals surface area contributed by atoms with E-state index in [9.17, 15) is 13.2 Å². The highest BCUT2D eigenvalue weighted by molar-refractivity contribution is 14.0. The van der Waals surface area contributed by atoms with Gasteiger partial charge < -0.3 is 20.1 Å². The fourth-order valence-corrected chi connectivity index (χ4v) is 2.88. The van der Waals surface area contributed by atoms with E-state index in [-0.39, 0.29) is 41.5 Å². The lowest BCUT2D eigenvalue weighted by Crippen LogP contribution is -2.40. The zero-order valence-electron chi connectivity index (χ0n) is 16.8. The van der Waals surface area contributed by atoms with Crippen LogP contribution in [0, 0.1) is 0 Å². The van der Waals surface area contributed by atoms with E-state index in [1.807, 2.05) is 6.92 Å². The van der Waals surface area contributed by atoms with Crippen LogP contribution in [0.1, 0.15) is 18.9 Å². The Morgan fingerprint density at radius 1 is 1.33 bits per heavy atom. The fraction of sp³-hybridized carbons (Fsp3) is 0.667. The number of rotatable bonds is 9. The van der Waals surface area contributed by atoms with Crippen molar-refractivity contribution in [2.45, 2.75) is 19.5 Å². The molecule has 2 N–H and O–H groups in total. The first-order valence-electron chi connectivity index (χ1n) is 9.58. The second kappa shape index (κ2) is 14.1. The van der Waals surface area contributed by atoms with Gasteiger partial charge in [0.1, 0.15) is 11.6 Å². The molecule has 1 aromatic heterocycles. The van der Waals surface area contributed by atoms with Gasteiger partial charge in [0.25, 0.3) is 0 Å². The standard InChI is InChI=1S/C18H27ClF3N5O2.HI/c1-2-23-17(24-4-3-6-27-7-10-28-11-8-27)25-5-9-29-16-15(19)12-14(13-26-16)18(20,21)22;/h12-13H,2-11H2,1H3,(H2,23,24,25);1H. The number of aliphatic imine (C=N–C) groups is 1. The molecule has 0 spiro atoms. The minimum Gasteiger partial charge on any atom is -0.475 e. The molecule has 2 heterocycles. The average Bonchev–Trinajstić information content (AvgIpc) is 2.69. The van der Waals surface area contributed by atoms with Gasteiger partial charge in [-0.3, -0.25) is 9.89 Å². The lowest BCUT2D eigenvalue weighted by atomic mass is 10.3. The summed E-state index contributed by atoms with van der Waals surface area (Å²) in [7, 11) is 0. The molecule has 0 saturated carbocycles. The highest BCUT2D eigenvalue weighted by atomic mass is 127. The van der Waals surface area contributed by atoms with Gasteiger partial charge in [-0.1, -0.05) is 11.6 Å². The van der Waals surface area contributed by atoms with E-state index in [1.165, 1.54) is 0 Å². The molecular formula is C18H28ClF3IN5O2. The molecule has 0 bridgehead atoms. The van der Waals surface area contributed by atoms with Crippen LogP contribution < -0.4 is 15.4 Å². The van der Waals surface area contributed by atoms with Crippen molar-refractivity contribution in [1.82, 2.24) is 20.5 Å². The van der Waals surface area contributed by atoms with Crippen LogP contribution in [0.25, 0.3) is 0 Å². The zero-order chi connectivity index (χ0) is 21.1. The van der Waals surface area contributed by atoms with Crippen molar-refractivity contribution in [3.63, 3.8) is 0 Å². The third-order valence-corrected chi connectivity index (χ3v) is 4.39. The Morgan fingerprint density at radius 3 is 2.70 bits per heavy atom. The van der Waals surface area contributed by atoms with Crippen LogP contribution in [0.3, 0.4) is 0 Å². The molecule has 0 aromatic carbocycles.